The molecule has 5 nitrogen and oxygen atoms in total. The Kier molecular flexibility index (Phi) is 4.66. The molecule has 2 aromatic heterocycles. The average Bonchev–Trinajstić information content (AvgIpc) is 2.39. The van der Waals surface area contributed by atoms with E-state index in [0.717, 1.165) is 12.2 Å². The van der Waals surface area contributed by atoms with E-state index in [-0.39, 0.29) is 11.0 Å². The van der Waals surface area contributed by atoms with Crippen molar-refractivity contribution in [2.24, 2.45) is 11.1 Å². The third kappa shape index (κ3) is 4.03. The molecule has 2 N–H and O–H groups in total. The maximum Gasteiger partial charge on any atom is 0.258 e. The largest absolute Gasteiger partial charge is 0.330 e. The molecular weight excluding hydrogens is 288 g/mol. The first-order valence-electron chi connectivity index (χ1n) is 6.87. The third-order valence-electron chi connectivity index (χ3n) is 3.36. The van der Waals surface area contributed by atoms with Crippen LogP contribution in [-0.4, -0.2) is 34.4 Å². The minimum absolute atomic E-state index is 0.0359. The van der Waals surface area contributed by atoms with E-state index in [2.05, 4.69) is 23.7 Å². The Morgan fingerprint density at radius 1 is 1.43 bits per heavy atom. The lowest BCUT2D eigenvalue weighted by molar-refractivity contribution is 0.208. The molecule has 0 atom stereocenters. The Labute approximate surface area is 129 Å². The second-order valence-electron chi connectivity index (χ2n) is 6.20. The second-order valence-corrected chi connectivity index (χ2v) is 6.64. The van der Waals surface area contributed by atoms with Gasteiger partial charge in [0.25, 0.3) is 5.56 Å². The number of aromatic nitrogens is 2. The van der Waals surface area contributed by atoms with Crippen molar-refractivity contribution in [3.05, 3.63) is 45.5 Å². The number of rotatable bonds is 5. The fourth-order valence-electron chi connectivity index (χ4n) is 2.33. The van der Waals surface area contributed by atoms with Crippen molar-refractivity contribution in [2.45, 2.75) is 20.4 Å². The molecule has 2 rings (SSSR count). The van der Waals surface area contributed by atoms with Gasteiger partial charge in [-0.15, -0.1) is 0 Å². The molecule has 6 heteroatoms. The van der Waals surface area contributed by atoms with E-state index in [1.54, 1.807) is 24.4 Å². The maximum atomic E-state index is 12.1. The molecule has 21 heavy (non-hydrogen) atoms. The van der Waals surface area contributed by atoms with Gasteiger partial charge in [0.15, 0.2) is 0 Å². The number of hydrogen-bond donors (Lipinski definition) is 1. The summed E-state index contributed by atoms with van der Waals surface area (Å²) in [6.45, 7) is 6.30. The van der Waals surface area contributed by atoms with Crippen LogP contribution in [-0.2, 0) is 6.54 Å². The summed E-state index contributed by atoms with van der Waals surface area (Å²) < 4.78 is 1.45. The molecule has 0 aromatic carbocycles. The van der Waals surface area contributed by atoms with E-state index in [4.69, 9.17) is 17.3 Å². The second kappa shape index (κ2) is 6.13. The van der Waals surface area contributed by atoms with Crippen molar-refractivity contribution in [1.29, 1.82) is 0 Å². The van der Waals surface area contributed by atoms with E-state index in [0.29, 0.717) is 23.8 Å². The SMILES string of the molecule is CN(Cc1cc(=O)n2cc(Cl)ccc2n1)CC(C)(C)CN. The maximum absolute atomic E-state index is 12.1. The lowest BCUT2D eigenvalue weighted by Crippen LogP contribution is -2.36. The van der Waals surface area contributed by atoms with Gasteiger partial charge < -0.3 is 5.73 Å². The van der Waals surface area contributed by atoms with Crippen molar-refractivity contribution in [1.82, 2.24) is 14.3 Å². The van der Waals surface area contributed by atoms with E-state index < -0.39 is 0 Å². The normalized spacial score (nSPS) is 12.3. The highest BCUT2D eigenvalue weighted by atomic mass is 35.5. The summed E-state index contributed by atoms with van der Waals surface area (Å²) in [5.41, 5.74) is 7.02. The van der Waals surface area contributed by atoms with Gasteiger partial charge in [0.2, 0.25) is 0 Å². The summed E-state index contributed by atoms with van der Waals surface area (Å²) in [7, 11) is 2.00. The quantitative estimate of drug-likeness (QED) is 0.914. The van der Waals surface area contributed by atoms with Crippen molar-refractivity contribution < 1.29 is 0 Å². The van der Waals surface area contributed by atoms with Crippen LogP contribution in [0.2, 0.25) is 5.02 Å². The fraction of sp³-hybridized carbons (Fsp3) is 0.467. The Balaban J connectivity index is 2.24. The topological polar surface area (TPSA) is 63.6 Å². The lowest BCUT2D eigenvalue weighted by Gasteiger charge is -2.28. The Morgan fingerprint density at radius 2 is 2.14 bits per heavy atom. The van der Waals surface area contributed by atoms with Crippen LogP contribution in [0.4, 0.5) is 0 Å². The standard InChI is InChI=1S/C15H21ClN4O/c1-15(2,9-17)10-19(3)8-12-6-14(21)20-7-11(16)4-5-13(20)18-12/h4-7H,8-10,17H2,1-3H3. The predicted octanol–water partition coefficient (Wildman–Crippen LogP) is 1.76. The molecule has 0 aliphatic heterocycles. The fourth-order valence-corrected chi connectivity index (χ4v) is 2.50. The summed E-state index contributed by atoms with van der Waals surface area (Å²) in [6.07, 6.45) is 1.58. The van der Waals surface area contributed by atoms with Gasteiger partial charge in [-0.3, -0.25) is 14.1 Å². The van der Waals surface area contributed by atoms with Crippen LogP contribution >= 0.6 is 11.6 Å². The van der Waals surface area contributed by atoms with Crippen LogP contribution in [0.3, 0.4) is 0 Å². The summed E-state index contributed by atoms with van der Waals surface area (Å²) >= 11 is 5.90. The monoisotopic (exact) mass is 308 g/mol. The average molecular weight is 309 g/mol. The first kappa shape index (κ1) is 15.9. The molecule has 2 heterocycles. The lowest BCUT2D eigenvalue weighted by atomic mass is 9.93. The highest BCUT2D eigenvalue weighted by Crippen LogP contribution is 2.15. The highest BCUT2D eigenvalue weighted by molar-refractivity contribution is 6.30. The Bertz CT molecular complexity index is 696. The third-order valence-corrected chi connectivity index (χ3v) is 3.58. The molecule has 114 valence electrons. The van der Waals surface area contributed by atoms with Gasteiger partial charge in [-0.1, -0.05) is 25.4 Å². The van der Waals surface area contributed by atoms with Crippen LogP contribution in [0.25, 0.3) is 5.65 Å². The van der Waals surface area contributed by atoms with Crippen molar-refractivity contribution in [2.75, 3.05) is 20.1 Å². The van der Waals surface area contributed by atoms with Gasteiger partial charge in [-0.25, -0.2) is 4.98 Å². The summed E-state index contributed by atoms with van der Waals surface area (Å²) in [4.78, 5) is 18.7. The van der Waals surface area contributed by atoms with E-state index in [9.17, 15) is 4.79 Å². The number of pyridine rings is 1. The molecule has 0 radical (unpaired) electrons. The van der Waals surface area contributed by atoms with Gasteiger partial charge >= 0.3 is 0 Å². The van der Waals surface area contributed by atoms with Crippen LogP contribution in [0.5, 0.6) is 0 Å². The molecule has 0 aliphatic rings. The van der Waals surface area contributed by atoms with Crippen LogP contribution in [0, 0.1) is 5.41 Å². The first-order chi connectivity index (χ1) is 9.80. The minimum atomic E-state index is -0.121. The zero-order valence-electron chi connectivity index (χ0n) is 12.6. The Hall–Kier alpha value is -1.43. The number of hydrogen-bond acceptors (Lipinski definition) is 4. The highest BCUT2D eigenvalue weighted by Gasteiger charge is 2.18. The smallest absolute Gasteiger partial charge is 0.258 e. The van der Waals surface area contributed by atoms with E-state index in [1.807, 2.05) is 7.05 Å². The number of nitrogens with zero attached hydrogens (tertiary/aromatic N) is 3. The molecule has 2 aromatic rings. The minimum Gasteiger partial charge on any atom is -0.330 e. The van der Waals surface area contributed by atoms with Crippen LogP contribution in [0.1, 0.15) is 19.5 Å². The van der Waals surface area contributed by atoms with E-state index in [1.165, 1.54) is 4.40 Å². The number of nitrogens with two attached hydrogens (primary N) is 1. The zero-order chi connectivity index (χ0) is 15.6. The van der Waals surface area contributed by atoms with Crippen molar-refractivity contribution >= 4 is 17.2 Å². The van der Waals surface area contributed by atoms with Gasteiger partial charge in [0.05, 0.1) is 10.7 Å². The van der Waals surface area contributed by atoms with Gasteiger partial charge in [-0.2, -0.15) is 0 Å². The molecule has 0 fully saturated rings. The first-order valence-corrected chi connectivity index (χ1v) is 7.25. The molecule has 0 saturated heterocycles. The zero-order valence-corrected chi connectivity index (χ0v) is 13.4. The van der Waals surface area contributed by atoms with Crippen LogP contribution < -0.4 is 11.3 Å². The Morgan fingerprint density at radius 3 is 2.81 bits per heavy atom. The molecule has 0 amide bonds. The molecule has 0 unspecified atom stereocenters. The van der Waals surface area contributed by atoms with Gasteiger partial charge in [-0.05, 0) is 31.1 Å². The summed E-state index contributed by atoms with van der Waals surface area (Å²) in [6, 6.07) is 5.03. The van der Waals surface area contributed by atoms with E-state index >= 15 is 0 Å². The molecule has 0 saturated carbocycles. The molecular formula is C15H21ClN4O. The van der Waals surface area contributed by atoms with Gasteiger partial charge in [0, 0.05) is 25.4 Å². The summed E-state index contributed by atoms with van der Waals surface area (Å²) in [5.74, 6) is 0. The van der Waals surface area contributed by atoms with Crippen molar-refractivity contribution in [3.8, 4) is 0 Å². The summed E-state index contributed by atoms with van der Waals surface area (Å²) in [5, 5.41) is 0.515. The van der Waals surface area contributed by atoms with Gasteiger partial charge in [0.1, 0.15) is 5.65 Å². The number of fused-ring (bicyclic) bond motifs is 1. The number of halogens is 1. The molecule has 0 bridgehead atoms. The molecule has 0 aliphatic carbocycles. The predicted molar refractivity (Wildman–Crippen MR) is 85.6 cm³/mol. The van der Waals surface area contributed by atoms with Crippen molar-refractivity contribution in [3.63, 3.8) is 0 Å². The molecule has 0 spiro atoms. The van der Waals surface area contributed by atoms with Crippen LogP contribution in [0.15, 0.2) is 29.2 Å².